The molecule has 10 heteroatoms. The van der Waals surface area contributed by atoms with E-state index in [2.05, 4.69) is 5.32 Å². The number of ether oxygens (including phenoxy) is 2. The summed E-state index contributed by atoms with van der Waals surface area (Å²) in [6.07, 6.45) is 1.34. The SMILES string of the molecule is COc1ccc(/C=C2\C(=O)NC(=O)N(c3ccc(C)cc3C)C2=O)c(OCc2cccc([N+](=O)[O-])c2)c1. The van der Waals surface area contributed by atoms with Gasteiger partial charge in [0, 0.05) is 23.8 Å². The maximum absolute atomic E-state index is 13.3. The molecule has 1 saturated heterocycles. The Kier molecular flexibility index (Phi) is 7.01. The number of nitrogens with zero attached hydrogens (tertiary/aromatic N) is 2. The highest BCUT2D eigenvalue weighted by Crippen LogP contribution is 2.30. The molecular formula is C27H23N3O7. The number of methoxy groups -OCH3 is 1. The smallest absolute Gasteiger partial charge is 0.335 e. The maximum atomic E-state index is 13.3. The van der Waals surface area contributed by atoms with E-state index in [4.69, 9.17) is 9.47 Å². The lowest BCUT2D eigenvalue weighted by molar-refractivity contribution is -0.384. The molecule has 3 aromatic carbocycles. The molecule has 0 unspecified atom stereocenters. The highest BCUT2D eigenvalue weighted by Gasteiger charge is 2.37. The molecular weight excluding hydrogens is 478 g/mol. The number of carbonyl (C=O) groups excluding carboxylic acids is 3. The van der Waals surface area contributed by atoms with Crippen molar-refractivity contribution in [3.63, 3.8) is 0 Å². The van der Waals surface area contributed by atoms with E-state index in [1.807, 2.05) is 13.0 Å². The number of imide groups is 2. The van der Waals surface area contributed by atoms with E-state index < -0.39 is 22.8 Å². The second-order valence-corrected chi connectivity index (χ2v) is 8.37. The molecule has 1 aliphatic rings. The van der Waals surface area contributed by atoms with Crippen LogP contribution in [0.1, 0.15) is 22.3 Å². The number of barbiturate groups is 1. The summed E-state index contributed by atoms with van der Waals surface area (Å²) in [7, 11) is 1.48. The van der Waals surface area contributed by atoms with Crippen molar-refractivity contribution in [1.82, 2.24) is 5.32 Å². The van der Waals surface area contributed by atoms with Crippen LogP contribution in [0, 0.1) is 24.0 Å². The van der Waals surface area contributed by atoms with Crippen LogP contribution in [-0.4, -0.2) is 29.9 Å². The lowest BCUT2D eigenvalue weighted by atomic mass is 10.0. The van der Waals surface area contributed by atoms with Crippen LogP contribution in [-0.2, 0) is 16.2 Å². The van der Waals surface area contributed by atoms with Crippen LogP contribution in [0.5, 0.6) is 11.5 Å². The predicted octanol–water partition coefficient (Wildman–Crippen LogP) is 4.47. The van der Waals surface area contributed by atoms with Gasteiger partial charge < -0.3 is 9.47 Å². The van der Waals surface area contributed by atoms with E-state index in [0.29, 0.717) is 28.1 Å². The zero-order valence-electron chi connectivity index (χ0n) is 20.3. The molecule has 0 spiro atoms. The third kappa shape index (κ3) is 5.32. The summed E-state index contributed by atoms with van der Waals surface area (Å²) < 4.78 is 11.2. The first-order chi connectivity index (χ1) is 17.7. The van der Waals surface area contributed by atoms with Gasteiger partial charge in [-0.1, -0.05) is 29.8 Å². The van der Waals surface area contributed by atoms with Gasteiger partial charge in [-0.05, 0) is 49.2 Å². The minimum atomic E-state index is -0.837. The first-order valence-corrected chi connectivity index (χ1v) is 11.2. The molecule has 0 bridgehead atoms. The van der Waals surface area contributed by atoms with Gasteiger partial charge >= 0.3 is 6.03 Å². The largest absolute Gasteiger partial charge is 0.497 e. The number of nitro groups is 1. The van der Waals surface area contributed by atoms with Crippen molar-refractivity contribution >= 4 is 35.3 Å². The normalized spacial score (nSPS) is 14.5. The third-order valence-corrected chi connectivity index (χ3v) is 5.73. The average molecular weight is 501 g/mol. The minimum absolute atomic E-state index is 0.0155. The van der Waals surface area contributed by atoms with Gasteiger partial charge in [0.25, 0.3) is 17.5 Å². The lowest BCUT2D eigenvalue weighted by Crippen LogP contribution is -2.54. The average Bonchev–Trinajstić information content (AvgIpc) is 2.87. The van der Waals surface area contributed by atoms with Crippen molar-refractivity contribution in [2.24, 2.45) is 0 Å². The third-order valence-electron chi connectivity index (χ3n) is 5.73. The van der Waals surface area contributed by atoms with Gasteiger partial charge in [0.1, 0.15) is 23.7 Å². The molecule has 10 nitrogen and oxygen atoms in total. The molecule has 4 rings (SSSR count). The minimum Gasteiger partial charge on any atom is -0.497 e. The molecule has 1 heterocycles. The molecule has 0 aromatic heterocycles. The molecule has 0 aliphatic carbocycles. The van der Waals surface area contributed by atoms with Gasteiger partial charge in [-0.15, -0.1) is 0 Å². The molecule has 3 aromatic rings. The molecule has 0 atom stereocenters. The van der Waals surface area contributed by atoms with Gasteiger partial charge in [0.05, 0.1) is 17.7 Å². The van der Waals surface area contributed by atoms with Crippen LogP contribution >= 0.6 is 0 Å². The Morgan fingerprint density at radius 2 is 1.81 bits per heavy atom. The first-order valence-electron chi connectivity index (χ1n) is 11.2. The number of carbonyl (C=O) groups is 3. The summed E-state index contributed by atoms with van der Waals surface area (Å²) in [6.45, 7) is 3.65. The monoisotopic (exact) mass is 501 g/mol. The number of anilines is 1. The fourth-order valence-electron chi connectivity index (χ4n) is 3.89. The fourth-order valence-corrected chi connectivity index (χ4v) is 3.89. The van der Waals surface area contributed by atoms with Crippen LogP contribution in [0.15, 0.2) is 66.2 Å². The quantitative estimate of drug-likeness (QED) is 0.219. The molecule has 1 aliphatic heterocycles. The van der Waals surface area contributed by atoms with Gasteiger partial charge in [-0.2, -0.15) is 0 Å². The molecule has 188 valence electrons. The molecule has 0 radical (unpaired) electrons. The number of nitrogens with one attached hydrogen (secondary N) is 1. The van der Waals surface area contributed by atoms with Gasteiger partial charge in [0.2, 0.25) is 0 Å². The van der Waals surface area contributed by atoms with E-state index in [-0.39, 0.29) is 23.6 Å². The molecule has 4 amide bonds. The van der Waals surface area contributed by atoms with E-state index >= 15 is 0 Å². The predicted molar refractivity (Wildman–Crippen MR) is 135 cm³/mol. The van der Waals surface area contributed by atoms with Crippen LogP contribution in [0.4, 0.5) is 16.2 Å². The Bertz CT molecular complexity index is 1460. The first kappa shape index (κ1) is 25.1. The summed E-state index contributed by atoms with van der Waals surface area (Å²) >= 11 is 0. The second kappa shape index (κ2) is 10.3. The van der Waals surface area contributed by atoms with E-state index in [9.17, 15) is 24.5 Å². The van der Waals surface area contributed by atoms with E-state index in [1.165, 1.54) is 25.3 Å². The van der Waals surface area contributed by atoms with Crippen LogP contribution in [0.25, 0.3) is 6.08 Å². The van der Waals surface area contributed by atoms with Gasteiger partial charge in [0.15, 0.2) is 0 Å². The highest BCUT2D eigenvalue weighted by molar-refractivity contribution is 6.39. The summed E-state index contributed by atoms with van der Waals surface area (Å²) in [5.74, 6) is -0.880. The Morgan fingerprint density at radius 3 is 2.51 bits per heavy atom. The van der Waals surface area contributed by atoms with E-state index in [1.54, 1.807) is 49.4 Å². The number of non-ortho nitro benzene ring substituents is 1. The Labute approximate surface area is 212 Å². The van der Waals surface area contributed by atoms with Crippen LogP contribution in [0.3, 0.4) is 0 Å². The van der Waals surface area contributed by atoms with Crippen molar-refractivity contribution in [1.29, 1.82) is 0 Å². The molecule has 1 fully saturated rings. The summed E-state index contributed by atoms with van der Waals surface area (Å²) in [4.78, 5) is 50.1. The number of amides is 4. The second-order valence-electron chi connectivity index (χ2n) is 8.37. The summed E-state index contributed by atoms with van der Waals surface area (Å²) in [6, 6.07) is 15.2. The summed E-state index contributed by atoms with van der Waals surface area (Å²) in [5.41, 5.74) is 2.61. The van der Waals surface area contributed by atoms with Crippen molar-refractivity contribution in [3.05, 3.63) is 98.6 Å². The summed E-state index contributed by atoms with van der Waals surface area (Å²) in [5, 5.41) is 13.3. The van der Waals surface area contributed by atoms with Gasteiger partial charge in [-0.3, -0.25) is 25.0 Å². The zero-order chi connectivity index (χ0) is 26.7. The standard InChI is InChI=1S/C27H23N3O7/c1-16-7-10-23(17(2)11-16)29-26(32)22(25(31)28-27(29)33)13-19-8-9-21(36-3)14-24(19)37-15-18-5-4-6-20(12-18)30(34)35/h4-14H,15H2,1-3H3,(H,28,31,33)/b22-13+. The van der Waals surface area contributed by atoms with Crippen LogP contribution < -0.4 is 19.7 Å². The van der Waals surface area contributed by atoms with Crippen LogP contribution in [0.2, 0.25) is 0 Å². The fraction of sp³-hybridized carbons (Fsp3) is 0.148. The zero-order valence-corrected chi connectivity index (χ0v) is 20.3. The Hall–Kier alpha value is -4.99. The molecule has 1 N–H and O–H groups in total. The number of benzene rings is 3. The molecule has 0 saturated carbocycles. The number of hydrogen-bond acceptors (Lipinski definition) is 7. The Balaban J connectivity index is 1.69. The number of nitro benzene ring substituents is 1. The van der Waals surface area contributed by atoms with Crippen molar-refractivity contribution < 1.29 is 28.8 Å². The maximum Gasteiger partial charge on any atom is 0.335 e. The number of hydrogen-bond donors (Lipinski definition) is 1. The van der Waals surface area contributed by atoms with Crippen molar-refractivity contribution in [2.75, 3.05) is 12.0 Å². The lowest BCUT2D eigenvalue weighted by Gasteiger charge is -2.27. The van der Waals surface area contributed by atoms with Crippen molar-refractivity contribution in [3.8, 4) is 11.5 Å². The molecule has 37 heavy (non-hydrogen) atoms. The topological polar surface area (TPSA) is 128 Å². The number of aryl methyl sites for hydroxylation is 2. The number of urea groups is 1. The van der Waals surface area contributed by atoms with E-state index in [0.717, 1.165) is 10.5 Å². The Morgan fingerprint density at radius 1 is 1.03 bits per heavy atom. The van der Waals surface area contributed by atoms with Crippen molar-refractivity contribution in [2.45, 2.75) is 20.5 Å². The van der Waals surface area contributed by atoms with Gasteiger partial charge in [-0.25, -0.2) is 9.69 Å². The highest BCUT2D eigenvalue weighted by atomic mass is 16.6. The number of rotatable bonds is 7.